The molecule has 1 atom stereocenters. The van der Waals surface area contributed by atoms with Crippen molar-refractivity contribution in [1.82, 2.24) is 5.32 Å². The number of esters is 1. The molecule has 0 aromatic rings. The lowest BCUT2D eigenvalue weighted by Crippen LogP contribution is -2.29. The number of halogens is 1. The number of hydrogen-bond acceptors (Lipinski definition) is 3. The zero-order valence-corrected chi connectivity index (χ0v) is 11.0. The summed E-state index contributed by atoms with van der Waals surface area (Å²) < 4.78 is 4.89. The van der Waals surface area contributed by atoms with Crippen LogP contribution in [0.2, 0.25) is 0 Å². The number of rotatable bonds is 5. The molecule has 0 aromatic heterocycles. The van der Waals surface area contributed by atoms with E-state index >= 15 is 0 Å². The lowest BCUT2D eigenvalue weighted by Gasteiger charge is -2.16. The van der Waals surface area contributed by atoms with Gasteiger partial charge in [-0.15, -0.1) is 12.4 Å². The Labute approximate surface area is 98.7 Å². The van der Waals surface area contributed by atoms with Gasteiger partial charge < -0.3 is 10.1 Å². The molecule has 0 saturated heterocycles. The largest absolute Gasteiger partial charge is 0.463 e. The molecule has 0 unspecified atom stereocenters. The van der Waals surface area contributed by atoms with Crippen molar-refractivity contribution in [3.8, 4) is 0 Å². The van der Waals surface area contributed by atoms with E-state index in [1.54, 1.807) is 6.92 Å². The van der Waals surface area contributed by atoms with Crippen LogP contribution < -0.4 is 5.32 Å². The summed E-state index contributed by atoms with van der Waals surface area (Å²) in [4.78, 5) is 11.3. The molecular weight excluding hydrogens is 214 g/mol. The Morgan fingerprint density at radius 2 is 2.00 bits per heavy atom. The fourth-order valence-corrected chi connectivity index (χ4v) is 1.19. The van der Waals surface area contributed by atoms with Gasteiger partial charge in [0.1, 0.15) is 0 Å². The average Bonchev–Trinajstić information content (AvgIpc) is 2.13. The van der Waals surface area contributed by atoms with Gasteiger partial charge in [-0.05, 0) is 26.8 Å². The highest BCUT2D eigenvalue weighted by molar-refractivity contribution is 5.87. The first-order valence-electron chi connectivity index (χ1n) is 5.05. The molecule has 0 aromatic carbocycles. The Morgan fingerprint density at radius 3 is 2.33 bits per heavy atom. The van der Waals surface area contributed by atoms with Crippen LogP contribution in [0, 0.1) is 5.92 Å². The maximum atomic E-state index is 11.3. The smallest absolute Gasteiger partial charge is 0.333 e. The molecule has 0 amide bonds. The lowest BCUT2D eigenvalue weighted by molar-refractivity contribution is -0.138. The van der Waals surface area contributed by atoms with Gasteiger partial charge in [0.25, 0.3) is 0 Å². The first-order valence-corrected chi connectivity index (χ1v) is 5.05. The predicted octanol–water partition coefficient (Wildman–Crippen LogP) is 2.16. The minimum absolute atomic E-state index is 0. The quantitative estimate of drug-likeness (QED) is 0.586. The van der Waals surface area contributed by atoms with E-state index in [9.17, 15) is 4.79 Å². The van der Waals surface area contributed by atoms with Crippen molar-refractivity contribution < 1.29 is 9.53 Å². The van der Waals surface area contributed by atoms with E-state index < -0.39 is 0 Å². The van der Waals surface area contributed by atoms with Gasteiger partial charge in [0.15, 0.2) is 0 Å². The molecule has 4 heteroatoms. The van der Waals surface area contributed by atoms with E-state index in [2.05, 4.69) is 19.2 Å². The molecule has 3 nitrogen and oxygen atoms in total. The van der Waals surface area contributed by atoms with Crippen LogP contribution in [0.5, 0.6) is 0 Å². The van der Waals surface area contributed by atoms with Crippen molar-refractivity contribution in [2.75, 3.05) is 13.7 Å². The Bertz CT molecular complexity index is 215. The molecule has 15 heavy (non-hydrogen) atoms. The second-order valence-electron chi connectivity index (χ2n) is 3.63. The van der Waals surface area contributed by atoms with E-state index in [0.29, 0.717) is 18.1 Å². The van der Waals surface area contributed by atoms with Crippen molar-refractivity contribution >= 4 is 18.4 Å². The van der Waals surface area contributed by atoms with Crippen molar-refractivity contribution in [3.63, 3.8) is 0 Å². The van der Waals surface area contributed by atoms with Crippen molar-refractivity contribution in [1.29, 1.82) is 0 Å². The number of ether oxygens (including phenoxy) is 1. The summed E-state index contributed by atoms with van der Waals surface area (Å²) >= 11 is 0. The van der Waals surface area contributed by atoms with E-state index in [1.807, 2.05) is 20.0 Å². The molecule has 0 bridgehead atoms. The number of nitrogens with one attached hydrogen (secondary N) is 1. The fraction of sp³-hybridized carbons (Fsp3) is 0.727. The van der Waals surface area contributed by atoms with Gasteiger partial charge in [-0.25, -0.2) is 4.79 Å². The van der Waals surface area contributed by atoms with Crippen LogP contribution in [-0.2, 0) is 9.53 Å². The molecule has 0 fully saturated rings. The normalized spacial score (nSPS) is 13.3. The van der Waals surface area contributed by atoms with Crippen molar-refractivity contribution in [2.24, 2.45) is 5.92 Å². The van der Waals surface area contributed by atoms with Crippen LogP contribution in [0.25, 0.3) is 0 Å². The summed E-state index contributed by atoms with van der Waals surface area (Å²) in [7, 11) is 1.89. The highest BCUT2D eigenvalue weighted by atomic mass is 35.5. The minimum Gasteiger partial charge on any atom is -0.463 e. The number of carbonyl (C=O) groups is 1. The summed E-state index contributed by atoms with van der Waals surface area (Å²) in [5.41, 5.74) is 0.667. The second kappa shape index (κ2) is 8.74. The van der Waals surface area contributed by atoms with Crippen LogP contribution in [0.15, 0.2) is 11.6 Å². The first kappa shape index (κ1) is 16.9. The molecule has 0 aliphatic carbocycles. The zero-order valence-electron chi connectivity index (χ0n) is 10.2. The molecule has 0 aliphatic heterocycles. The maximum absolute atomic E-state index is 11.3. The van der Waals surface area contributed by atoms with E-state index in [0.717, 1.165) is 0 Å². The summed E-state index contributed by atoms with van der Waals surface area (Å²) in [5, 5.41) is 3.15. The van der Waals surface area contributed by atoms with Crippen LogP contribution in [0.3, 0.4) is 0 Å². The van der Waals surface area contributed by atoms with Crippen molar-refractivity contribution in [3.05, 3.63) is 11.6 Å². The van der Waals surface area contributed by atoms with E-state index in [1.165, 1.54) is 0 Å². The van der Waals surface area contributed by atoms with Gasteiger partial charge in [0.05, 0.1) is 6.61 Å². The van der Waals surface area contributed by atoms with Gasteiger partial charge in [0, 0.05) is 11.6 Å². The van der Waals surface area contributed by atoms with Gasteiger partial charge in [0.2, 0.25) is 0 Å². The average molecular weight is 236 g/mol. The fourth-order valence-electron chi connectivity index (χ4n) is 1.19. The van der Waals surface area contributed by atoms with Gasteiger partial charge >= 0.3 is 5.97 Å². The zero-order chi connectivity index (χ0) is 11.1. The van der Waals surface area contributed by atoms with E-state index in [-0.39, 0.29) is 24.4 Å². The number of likely N-dealkylation sites (N-methyl/N-ethyl adjacent to an activating group) is 1. The van der Waals surface area contributed by atoms with Gasteiger partial charge in [-0.2, -0.15) is 0 Å². The van der Waals surface area contributed by atoms with Crippen LogP contribution >= 0.6 is 12.4 Å². The molecule has 0 saturated carbocycles. The molecule has 90 valence electrons. The highest BCUT2D eigenvalue weighted by Crippen LogP contribution is 2.06. The van der Waals surface area contributed by atoms with Crippen molar-refractivity contribution in [2.45, 2.75) is 33.7 Å². The summed E-state index contributed by atoms with van der Waals surface area (Å²) in [5.74, 6) is 0.234. The Hall–Kier alpha value is -0.540. The highest BCUT2D eigenvalue weighted by Gasteiger charge is 2.11. The molecule has 0 heterocycles. The van der Waals surface area contributed by atoms with Gasteiger partial charge in [-0.3, -0.25) is 0 Å². The molecule has 0 radical (unpaired) electrons. The third-order valence-electron chi connectivity index (χ3n) is 2.08. The van der Waals surface area contributed by atoms with E-state index in [4.69, 9.17) is 4.74 Å². The summed E-state index contributed by atoms with van der Waals surface area (Å²) in [6.45, 7) is 8.23. The van der Waals surface area contributed by atoms with Crippen LogP contribution in [0.1, 0.15) is 27.7 Å². The Balaban J connectivity index is 0. The predicted molar refractivity (Wildman–Crippen MR) is 65.3 cm³/mol. The summed E-state index contributed by atoms with van der Waals surface area (Å²) in [6.07, 6.45) is 1.92. The monoisotopic (exact) mass is 235 g/mol. The molecule has 1 N–H and O–H groups in total. The maximum Gasteiger partial charge on any atom is 0.333 e. The standard InChI is InChI=1S/C11H21NO2.ClH/c1-6-14-11(13)9(4)7-10(12-5)8(2)3;/h7-8,10,12H,6H2,1-5H3;1H/b9-7+;/t10-;/m0./s1. The molecule has 0 spiro atoms. The van der Waals surface area contributed by atoms with Crippen LogP contribution in [0.4, 0.5) is 0 Å². The lowest BCUT2D eigenvalue weighted by atomic mass is 10.0. The third kappa shape index (κ3) is 6.52. The molecule has 0 aliphatic rings. The Kier molecular flexibility index (Phi) is 9.84. The topological polar surface area (TPSA) is 38.3 Å². The molecular formula is C11H22ClNO2. The Morgan fingerprint density at radius 1 is 1.47 bits per heavy atom. The van der Waals surface area contributed by atoms with Crippen LogP contribution in [-0.4, -0.2) is 25.7 Å². The minimum atomic E-state index is -0.228. The number of carbonyl (C=O) groups excluding carboxylic acids is 1. The summed E-state index contributed by atoms with van der Waals surface area (Å²) in [6, 6.07) is 0.222. The van der Waals surface area contributed by atoms with Gasteiger partial charge in [-0.1, -0.05) is 19.9 Å². The number of hydrogen-bond donors (Lipinski definition) is 1. The second-order valence-corrected chi connectivity index (χ2v) is 3.63. The molecule has 0 rings (SSSR count). The SMILES string of the molecule is CCOC(=O)/C(C)=C/[C@H](NC)C(C)C.Cl. The first-order chi connectivity index (χ1) is 6.52. The third-order valence-corrected chi connectivity index (χ3v) is 2.08.